The molecule has 8 heteroatoms. The van der Waals surface area contributed by atoms with Crippen molar-refractivity contribution in [2.24, 2.45) is 4.99 Å². The fourth-order valence-corrected chi connectivity index (χ4v) is 3.39. The lowest BCUT2D eigenvalue weighted by Crippen LogP contribution is -3.06. The van der Waals surface area contributed by atoms with Crippen molar-refractivity contribution in [2.75, 3.05) is 7.05 Å². The summed E-state index contributed by atoms with van der Waals surface area (Å²) >= 11 is 6.05. The van der Waals surface area contributed by atoms with Crippen molar-refractivity contribution < 1.29 is 9.69 Å². The number of hydrogen-bond acceptors (Lipinski definition) is 4. The highest BCUT2D eigenvalue weighted by Crippen LogP contribution is 2.39. The number of amides is 1. The first-order valence-electron chi connectivity index (χ1n) is 7.80. The van der Waals surface area contributed by atoms with E-state index in [2.05, 4.69) is 15.3 Å². The topological polar surface area (TPSA) is 67.8 Å². The van der Waals surface area contributed by atoms with Gasteiger partial charge >= 0.3 is 0 Å². The van der Waals surface area contributed by atoms with Crippen LogP contribution in [0, 0.1) is 0 Å². The Labute approximate surface area is 142 Å². The van der Waals surface area contributed by atoms with E-state index in [1.165, 1.54) is 0 Å². The Morgan fingerprint density at radius 1 is 1.33 bits per heavy atom. The maximum absolute atomic E-state index is 12.7. The SMILES string of the molecule is CN1C(=O)c2cc(Cl)ccc2[NH+]2C=NC(n3cc(C4CC4)nn3)=C12. The molecule has 1 amide bonds. The van der Waals surface area contributed by atoms with Crippen molar-refractivity contribution in [3.8, 4) is 0 Å². The molecule has 7 nitrogen and oxygen atoms in total. The molecule has 1 aliphatic carbocycles. The number of quaternary nitrogens is 1. The van der Waals surface area contributed by atoms with Crippen LogP contribution in [-0.4, -0.2) is 39.2 Å². The Morgan fingerprint density at radius 3 is 2.96 bits per heavy atom. The molecular weight excluding hydrogens is 328 g/mol. The van der Waals surface area contributed by atoms with Gasteiger partial charge in [0.15, 0.2) is 5.69 Å². The number of carbonyl (C=O) groups excluding carboxylic acids is 1. The Bertz CT molecular complexity index is 942. The van der Waals surface area contributed by atoms with E-state index < -0.39 is 0 Å². The van der Waals surface area contributed by atoms with Gasteiger partial charge < -0.3 is 0 Å². The number of nitrogens with one attached hydrogen (secondary N) is 1. The first-order chi connectivity index (χ1) is 11.6. The first kappa shape index (κ1) is 13.9. The lowest BCUT2D eigenvalue weighted by molar-refractivity contribution is -0.685. The van der Waals surface area contributed by atoms with Crippen molar-refractivity contribution in [1.29, 1.82) is 0 Å². The van der Waals surface area contributed by atoms with E-state index in [1.54, 1.807) is 35.1 Å². The fraction of sp³-hybridized carbons (Fsp3) is 0.250. The minimum absolute atomic E-state index is 0.100. The molecule has 1 unspecified atom stereocenters. The largest absolute Gasteiger partial charge is 0.268 e. The van der Waals surface area contributed by atoms with Gasteiger partial charge in [-0.15, -0.1) is 5.10 Å². The molecular formula is C16H14ClN6O+. The van der Waals surface area contributed by atoms with Crippen molar-refractivity contribution in [2.45, 2.75) is 18.8 Å². The van der Waals surface area contributed by atoms with Gasteiger partial charge in [0.25, 0.3) is 11.7 Å². The molecule has 2 aromatic rings. The number of fused-ring (bicyclic) bond motifs is 3. The van der Waals surface area contributed by atoms with E-state index in [1.807, 2.05) is 12.3 Å². The summed E-state index contributed by atoms with van der Waals surface area (Å²) in [5, 5.41) is 8.98. The molecule has 0 bridgehead atoms. The highest BCUT2D eigenvalue weighted by atomic mass is 35.5. The summed E-state index contributed by atoms with van der Waals surface area (Å²) < 4.78 is 1.66. The summed E-state index contributed by atoms with van der Waals surface area (Å²) in [6.07, 6.45) is 6.02. The molecule has 120 valence electrons. The minimum Gasteiger partial charge on any atom is -0.268 e. The van der Waals surface area contributed by atoms with Crippen LogP contribution in [0.4, 0.5) is 5.69 Å². The van der Waals surface area contributed by atoms with Crippen LogP contribution in [0.1, 0.15) is 34.8 Å². The van der Waals surface area contributed by atoms with Crippen LogP contribution in [0.15, 0.2) is 35.2 Å². The second-order valence-electron chi connectivity index (χ2n) is 6.26. The van der Waals surface area contributed by atoms with Gasteiger partial charge in [0.1, 0.15) is 5.56 Å². The molecule has 1 N–H and O–H groups in total. The normalized spacial score (nSPS) is 22.2. The van der Waals surface area contributed by atoms with Gasteiger partial charge in [-0.1, -0.05) is 16.8 Å². The fourth-order valence-electron chi connectivity index (χ4n) is 3.22. The van der Waals surface area contributed by atoms with E-state index in [4.69, 9.17) is 11.6 Å². The van der Waals surface area contributed by atoms with Gasteiger partial charge in [-0.2, -0.15) is 9.67 Å². The second kappa shape index (κ2) is 4.75. The van der Waals surface area contributed by atoms with Crippen LogP contribution in [0.3, 0.4) is 0 Å². The van der Waals surface area contributed by atoms with Crippen LogP contribution in [-0.2, 0) is 0 Å². The van der Waals surface area contributed by atoms with Crippen LogP contribution in [0.25, 0.3) is 5.82 Å². The summed E-state index contributed by atoms with van der Waals surface area (Å²) in [5.74, 6) is 1.80. The number of halogens is 1. The Kier molecular flexibility index (Phi) is 2.75. The molecule has 1 saturated carbocycles. The molecule has 24 heavy (non-hydrogen) atoms. The maximum atomic E-state index is 12.7. The molecule has 0 spiro atoms. The van der Waals surface area contributed by atoms with Gasteiger partial charge in [-0.3, -0.25) is 9.69 Å². The minimum atomic E-state index is -0.100. The average molecular weight is 342 g/mol. The number of benzene rings is 1. The summed E-state index contributed by atoms with van der Waals surface area (Å²) in [5.41, 5.74) is 2.43. The summed E-state index contributed by atoms with van der Waals surface area (Å²) in [6.45, 7) is 0. The Morgan fingerprint density at radius 2 is 2.17 bits per heavy atom. The molecule has 0 saturated heterocycles. The van der Waals surface area contributed by atoms with E-state index in [0.717, 1.165) is 34.9 Å². The van der Waals surface area contributed by atoms with Gasteiger partial charge in [0.2, 0.25) is 12.2 Å². The molecule has 0 radical (unpaired) electrons. The number of aliphatic imine (C=N–C) groups is 1. The van der Waals surface area contributed by atoms with Crippen molar-refractivity contribution in [3.05, 3.63) is 46.5 Å². The summed E-state index contributed by atoms with van der Waals surface area (Å²) in [6, 6.07) is 5.35. The molecule has 1 atom stereocenters. The van der Waals surface area contributed by atoms with E-state index in [-0.39, 0.29) is 5.91 Å². The maximum Gasteiger partial charge on any atom is 0.268 e. The van der Waals surface area contributed by atoms with Crippen LogP contribution < -0.4 is 4.90 Å². The molecule has 1 fully saturated rings. The van der Waals surface area contributed by atoms with Crippen LogP contribution in [0.2, 0.25) is 5.02 Å². The predicted molar refractivity (Wildman–Crippen MR) is 87.9 cm³/mol. The van der Waals surface area contributed by atoms with Crippen LogP contribution >= 0.6 is 11.6 Å². The quantitative estimate of drug-likeness (QED) is 0.893. The summed E-state index contributed by atoms with van der Waals surface area (Å²) in [7, 11) is 1.74. The van der Waals surface area contributed by atoms with Gasteiger partial charge in [-0.25, -0.2) is 4.90 Å². The highest BCUT2D eigenvalue weighted by Gasteiger charge is 2.42. The van der Waals surface area contributed by atoms with Gasteiger partial charge in [-0.05, 0) is 25.0 Å². The first-order valence-corrected chi connectivity index (χ1v) is 8.17. The third-order valence-corrected chi connectivity index (χ3v) is 4.88. The van der Waals surface area contributed by atoms with E-state index in [0.29, 0.717) is 22.3 Å². The number of rotatable bonds is 2. The molecule has 3 aliphatic rings. The Hall–Kier alpha value is -2.51. The third-order valence-electron chi connectivity index (χ3n) is 4.65. The van der Waals surface area contributed by atoms with Crippen LogP contribution in [0.5, 0.6) is 0 Å². The van der Waals surface area contributed by atoms with Gasteiger partial charge in [0.05, 0.1) is 11.9 Å². The average Bonchev–Trinajstić information content (AvgIpc) is 3.15. The monoisotopic (exact) mass is 341 g/mol. The Balaban J connectivity index is 1.65. The molecule has 1 aromatic carbocycles. The van der Waals surface area contributed by atoms with Gasteiger partial charge in [0, 0.05) is 24.1 Å². The lowest BCUT2D eigenvalue weighted by atomic mass is 10.1. The standard InChI is InChI=1S/C16H13ClN6O/c1-21-15-14(23-7-12(19-20-23)9-2-3-9)18-8-22(15)13-5-4-10(17)6-11(13)16(21)24/h4-9H,2-3H2,1H3/p+1. The zero-order valence-electron chi connectivity index (χ0n) is 12.9. The number of carbonyl (C=O) groups is 1. The molecule has 3 heterocycles. The zero-order chi connectivity index (χ0) is 16.4. The van der Waals surface area contributed by atoms with E-state index in [9.17, 15) is 4.79 Å². The summed E-state index contributed by atoms with van der Waals surface area (Å²) in [4.78, 5) is 19.7. The number of hydrogen-bond donors (Lipinski definition) is 1. The van der Waals surface area contributed by atoms with Crippen molar-refractivity contribution in [1.82, 2.24) is 19.9 Å². The molecule has 1 aromatic heterocycles. The van der Waals surface area contributed by atoms with Crippen molar-refractivity contribution >= 4 is 35.4 Å². The third kappa shape index (κ3) is 1.88. The number of nitrogens with zero attached hydrogens (tertiary/aromatic N) is 5. The molecule has 2 aliphatic heterocycles. The second-order valence-corrected chi connectivity index (χ2v) is 6.70. The number of aromatic nitrogens is 3. The van der Waals surface area contributed by atoms with Crippen molar-refractivity contribution in [3.63, 3.8) is 0 Å². The lowest BCUT2D eigenvalue weighted by Gasteiger charge is -2.28. The smallest absolute Gasteiger partial charge is 0.268 e. The van der Waals surface area contributed by atoms with E-state index >= 15 is 0 Å². The highest BCUT2D eigenvalue weighted by molar-refractivity contribution is 6.31. The predicted octanol–water partition coefficient (Wildman–Crippen LogP) is 1.24. The molecule has 5 rings (SSSR count). The zero-order valence-corrected chi connectivity index (χ0v) is 13.7.